The maximum Gasteiger partial charge on any atom is 0.115 e. The zero-order chi connectivity index (χ0) is 11.6. The first kappa shape index (κ1) is 12.4. The molecule has 0 saturated carbocycles. The molecule has 0 radical (unpaired) electrons. The highest BCUT2D eigenvalue weighted by Gasteiger charge is 2.32. The summed E-state index contributed by atoms with van der Waals surface area (Å²) in [4.78, 5) is 2.49. The molecule has 1 aliphatic rings. The number of nitrogens with zero attached hydrogens (tertiary/aromatic N) is 1. The summed E-state index contributed by atoms with van der Waals surface area (Å²) in [5.41, 5.74) is 1.57. The third-order valence-corrected chi connectivity index (χ3v) is 2.95. The number of hydrogen-bond donors (Lipinski definition) is 0. The molecule has 1 heterocycles. The number of hydrogen-bond acceptors (Lipinski definition) is 2. The fourth-order valence-corrected chi connectivity index (χ4v) is 2.35. The lowest BCUT2D eigenvalue weighted by molar-refractivity contribution is 0.0610. The lowest BCUT2D eigenvalue weighted by Crippen LogP contribution is -2.44. The zero-order valence-corrected chi connectivity index (χ0v) is 11.1. The Morgan fingerprint density at radius 3 is 2.33 bits per heavy atom. The van der Waals surface area contributed by atoms with E-state index in [1.54, 1.807) is 0 Å². The SMILES string of the molecule is CCC1=C(C(C)(C)C)N(CC)[C@@H](C)CO1. The third kappa shape index (κ3) is 2.47. The summed E-state index contributed by atoms with van der Waals surface area (Å²) in [7, 11) is 0. The van der Waals surface area contributed by atoms with E-state index in [0.29, 0.717) is 6.04 Å². The van der Waals surface area contributed by atoms with Gasteiger partial charge in [-0.15, -0.1) is 0 Å². The topological polar surface area (TPSA) is 12.5 Å². The monoisotopic (exact) mass is 211 g/mol. The summed E-state index contributed by atoms with van der Waals surface area (Å²) in [6.07, 6.45) is 0.996. The maximum atomic E-state index is 5.85. The molecule has 0 aromatic carbocycles. The van der Waals surface area contributed by atoms with Crippen LogP contribution in [0.1, 0.15) is 48.0 Å². The van der Waals surface area contributed by atoms with Crippen molar-refractivity contribution in [3.8, 4) is 0 Å². The smallest absolute Gasteiger partial charge is 0.115 e. The minimum absolute atomic E-state index is 0.177. The molecule has 1 atom stereocenters. The van der Waals surface area contributed by atoms with Crippen molar-refractivity contribution in [2.45, 2.75) is 54.0 Å². The molecule has 0 unspecified atom stereocenters. The van der Waals surface area contributed by atoms with Gasteiger partial charge < -0.3 is 9.64 Å². The van der Waals surface area contributed by atoms with E-state index in [0.717, 1.165) is 19.6 Å². The first-order valence-corrected chi connectivity index (χ1v) is 6.04. The van der Waals surface area contributed by atoms with Crippen molar-refractivity contribution in [2.75, 3.05) is 13.2 Å². The Kier molecular flexibility index (Phi) is 3.69. The fraction of sp³-hybridized carbons (Fsp3) is 0.846. The summed E-state index contributed by atoms with van der Waals surface area (Å²) >= 11 is 0. The lowest BCUT2D eigenvalue weighted by atomic mass is 9.88. The van der Waals surface area contributed by atoms with Crippen LogP contribution in [-0.4, -0.2) is 24.1 Å². The van der Waals surface area contributed by atoms with Gasteiger partial charge in [0.1, 0.15) is 12.4 Å². The van der Waals surface area contributed by atoms with E-state index < -0.39 is 0 Å². The number of likely N-dealkylation sites (N-methyl/N-ethyl adjacent to an activating group) is 1. The van der Waals surface area contributed by atoms with E-state index >= 15 is 0 Å². The Morgan fingerprint density at radius 2 is 1.93 bits per heavy atom. The highest BCUT2D eigenvalue weighted by atomic mass is 16.5. The Balaban J connectivity index is 3.12. The quantitative estimate of drug-likeness (QED) is 0.694. The predicted molar refractivity (Wildman–Crippen MR) is 64.6 cm³/mol. The van der Waals surface area contributed by atoms with Gasteiger partial charge in [-0.2, -0.15) is 0 Å². The molecule has 0 amide bonds. The molecular weight excluding hydrogens is 186 g/mol. The average molecular weight is 211 g/mol. The molecule has 2 nitrogen and oxygen atoms in total. The van der Waals surface area contributed by atoms with Gasteiger partial charge in [-0.1, -0.05) is 27.7 Å². The van der Waals surface area contributed by atoms with Crippen LogP contribution in [-0.2, 0) is 4.74 Å². The summed E-state index contributed by atoms with van der Waals surface area (Å²) in [5.74, 6) is 1.18. The van der Waals surface area contributed by atoms with Crippen molar-refractivity contribution in [3.05, 3.63) is 11.5 Å². The van der Waals surface area contributed by atoms with Crippen LogP contribution in [0, 0.1) is 5.41 Å². The van der Waals surface area contributed by atoms with Crippen molar-refractivity contribution < 1.29 is 4.74 Å². The normalized spacial score (nSPS) is 23.1. The summed E-state index contributed by atoms with van der Waals surface area (Å²) in [6.45, 7) is 15.3. The van der Waals surface area contributed by atoms with E-state index in [2.05, 4.69) is 46.4 Å². The second kappa shape index (κ2) is 4.46. The molecule has 1 aliphatic heterocycles. The van der Waals surface area contributed by atoms with Gasteiger partial charge in [0.15, 0.2) is 0 Å². The number of rotatable bonds is 2. The van der Waals surface area contributed by atoms with E-state index in [4.69, 9.17) is 4.74 Å². The van der Waals surface area contributed by atoms with Crippen molar-refractivity contribution in [1.29, 1.82) is 0 Å². The second-order valence-electron chi connectivity index (χ2n) is 5.32. The predicted octanol–water partition coefficient (Wildman–Crippen LogP) is 3.39. The molecule has 0 aliphatic carbocycles. The van der Waals surface area contributed by atoms with Crippen molar-refractivity contribution in [1.82, 2.24) is 4.90 Å². The Morgan fingerprint density at radius 1 is 1.33 bits per heavy atom. The summed E-state index contributed by atoms with van der Waals surface area (Å²) < 4.78 is 5.85. The number of ether oxygens (including phenoxy) is 1. The van der Waals surface area contributed by atoms with Gasteiger partial charge in [-0.25, -0.2) is 0 Å². The largest absolute Gasteiger partial charge is 0.494 e. The second-order valence-corrected chi connectivity index (χ2v) is 5.32. The van der Waals surface area contributed by atoms with Crippen LogP contribution in [0.3, 0.4) is 0 Å². The average Bonchev–Trinajstić information content (AvgIpc) is 2.15. The van der Waals surface area contributed by atoms with Crippen LogP contribution in [0.4, 0.5) is 0 Å². The van der Waals surface area contributed by atoms with Gasteiger partial charge in [-0.05, 0) is 13.8 Å². The molecule has 0 aromatic rings. The van der Waals surface area contributed by atoms with Gasteiger partial charge in [0.2, 0.25) is 0 Å². The van der Waals surface area contributed by atoms with Crippen LogP contribution in [0.15, 0.2) is 11.5 Å². The molecular formula is C13H25NO. The van der Waals surface area contributed by atoms with E-state index in [1.165, 1.54) is 11.5 Å². The highest BCUT2D eigenvalue weighted by molar-refractivity contribution is 5.18. The number of allylic oxidation sites excluding steroid dienone is 2. The van der Waals surface area contributed by atoms with Crippen LogP contribution < -0.4 is 0 Å². The minimum Gasteiger partial charge on any atom is -0.494 e. The fourth-order valence-electron chi connectivity index (χ4n) is 2.35. The standard InChI is InChI=1S/C13H25NO/c1-7-11-12(13(4,5)6)14(8-2)10(3)9-15-11/h10H,7-9H2,1-6H3/t10-/m0/s1. The summed E-state index contributed by atoms with van der Waals surface area (Å²) in [6, 6.07) is 0.500. The summed E-state index contributed by atoms with van der Waals surface area (Å²) in [5, 5.41) is 0. The van der Waals surface area contributed by atoms with Crippen LogP contribution >= 0.6 is 0 Å². The molecule has 0 aromatic heterocycles. The van der Waals surface area contributed by atoms with Crippen molar-refractivity contribution in [2.24, 2.45) is 5.41 Å². The van der Waals surface area contributed by atoms with Crippen molar-refractivity contribution >= 4 is 0 Å². The first-order chi connectivity index (χ1) is 6.91. The van der Waals surface area contributed by atoms with Crippen molar-refractivity contribution in [3.63, 3.8) is 0 Å². The first-order valence-electron chi connectivity index (χ1n) is 6.04. The van der Waals surface area contributed by atoms with E-state index in [9.17, 15) is 0 Å². The molecule has 0 N–H and O–H groups in total. The van der Waals surface area contributed by atoms with E-state index in [-0.39, 0.29) is 5.41 Å². The molecule has 0 spiro atoms. The molecule has 0 saturated heterocycles. The van der Waals surface area contributed by atoms with Gasteiger partial charge in [-0.3, -0.25) is 0 Å². The Labute approximate surface area is 94.3 Å². The zero-order valence-electron chi connectivity index (χ0n) is 11.1. The van der Waals surface area contributed by atoms with Gasteiger partial charge >= 0.3 is 0 Å². The molecule has 15 heavy (non-hydrogen) atoms. The van der Waals surface area contributed by atoms with Gasteiger partial charge in [0, 0.05) is 18.4 Å². The van der Waals surface area contributed by atoms with Gasteiger partial charge in [0.05, 0.1) is 11.7 Å². The molecule has 2 heteroatoms. The highest BCUT2D eigenvalue weighted by Crippen LogP contribution is 2.36. The minimum atomic E-state index is 0.177. The van der Waals surface area contributed by atoms with Crippen LogP contribution in [0.25, 0.3) is 0 Å². The molecule has 0 fully saturated rings. The van der Waals surface area contributed by atoms with Crippen LogP contribution in [0.5, 0.6) is 0 Å². The Hall–Kier alpha value is -0.660. The molecule has 0 bridgehead atoms. The van der Waals surface area contributed by atoms with Gasteiger partial charge in [0.25, 0.3) is 0 Å². The molecule has 88 valence electrons. The van der Waals surface area contributed by atoms with Crippen LogP contribution in [0.2, 0.25) is 0 Å². The Bertz CT molecular complexity index is 250. The lowest BCUT2D eigenvalue weighted by Gasteiger charge is -2.43. The van der Waals surface area contributed by atoms with E-state index in [1.807, 2.05) is 0 Å². The molecule has 1 rings (SSSR count). The third-order valence-electron chi connectivity index (χ3n) is 2.95. The maximum absolute atomic E-state index is 5.85.